The first-order valence-electron chi connectivity index (χ1n) is 30.9. The van der Waals surface area contributed by atoms with Crippen LogP contribution in [0.2, 0.25) is 0 Å². The first-order valence-corrected chi connectivity index (χ1v) is 30.9. The zero-order chi connectivity index (χ0) is 64.2. The molecule has 0 bridgehead atoms. The van der Waals surface area contributed by atoms with Gasteiger partial charge in [-0.25, -0.2) is 0 Å². The van der Waals surface area contributed by atoms with Crippen LogP contribution in [0.3, 0.4) is 0 Å². The predicted molar refractivity (Wildman–Crippen MR) is 295 cm³/mol. The average Bonchev–Trinajstić information content (AvgIpc) is 0.668. The summed E-state index contributed by atoms with van der Waals surface area (Å²) >= 11 is 0. The fourth-order valence-corrected chi connectivity index (χ4v) is 17.5. The van der Waals surface area contributed by atoms with Crippen LogP contribution in [0.25, 0.3) is 0 Å². The Morgan fingerprint density at radius 1 is 0.632 bits per heavy atom. The topological polar surface area (TPSA) is 430 Å². The molecule has 0 unspecified atom stereocenters. The molecule has 4 heterocycles. The van der Waals surface area contributed by atoms with E-state index in [9.17, 15) is 86.2 Å². The second kappa shape index (κ2) is 25.6. The maximum absolute atomic E-state index is 13.5. The molecule has 8 fully saturated rings. The van der Waals surface area contributed by atoms with Crippen molar-refractivity contribution in [3.63, 3.8) is 0 Å². The largest absolute Gasteiger partial charge is 0.458 e. The van der Waals surface area contributed by atoms with Crippen LogP contribution in [0.5, 0.6) is 0 Å². The molecule has 15 N–H and O–H groups in total. The van der Waals surface area contributed by atoms with Crippen LogP contribution in [0, 0.1) is 56.2 Å². The maximum atomic E-state index is 13.5. The van der Waals surface area contributed by atoms with Crippen LogP contribution in [0.4, 0.5) is 0 Å². The van der Waals surface area contributed by atoms with E-state index in [2.05, 4.69) is 19.9 Å². The lowest BCUT2D eigenvalue weighted by molar-refractivity contribution is -0.392. The summed E-state index contributed by atoms with van der Waals surface area (Å²) in [6.07, 6.45) is -33.9. The van der Waals surface area contributed by atoms with E-state index in [-0.39, 0.29) is 11.8 Å². The van der Waals surface area contributed by atoms with Crippen molar-refractivity contribution in [2.24, 2.45) is 56.2 Å². The van der Waals surface area contributed by atoms with Crippen molar-refractivity contribution in [1.82, 2.24) is 0 Å². The number of hydrogen-bond donors (Lipinski definition) is 15. The van der Waals surface area contributed by atoms with Crippen molar-refractivity contribution in [3.8, 4) is 0 Å². The molecule has 4 saturated carbocycles. The fraction of sp³-hybridized carbons (Fsp3) is 0.933. The highest BCUT2D eigenvalue weighted by Gasteiger charge is 2.76. The van der Waals surface area contributed by atoms with Gasteiger partial charge in [-0.05, 0) is 78.9 Å². The molecular weight excluding hydrogens is 1150 g/mol. The summed E-state index contributed by atoms with van der Waals surface area (Å²) in [5.41, 5.74) is -4.73. The summed E-state index contributed by atoms with van der Waals surface area (Å²) in [5.74, 6) is -2.59. The lowest BCUT2D eigenvalue weighted by Gasteiger charge is -2.73. The van der Waals surface area contributed by atoms with Gasteiger partial charge in [0.1, 0.15) is 97.7 Å². The van der Waals surface area contributed by atoms with Crippen molar-refractivity contribution in [3.05, 3.63) is 11.6 Å². The van der Waals surface area contributed by atoms with Crippen LogP contribution in [0.1, 0.15) is 114 Å². The number of aliphatic hydroxyl groups is 15. The third-order valence-electron chi connectivity index (χ3n) is 23.0. The summed E-state index contributed by atoms with van der Waals surface area (Å²) in [4.78, 5) is 26.6. The Morgan fingerprint density at radius 3 is 1.84 bits per heavy atom. The van der Waals surface area contributed by atoms with E-state index in [0.717, 1.165) is 5.57 Å². The van der Waals surface area contributed by atoms with Crippen LogP contribution in [-0.4, -0.2) is 269 Å². The number of hydrogen-bond acceptors (Lipinski definition) is 27. The first-order chi connectivity index (χ1) is 40.7. The quantitative estimate of drug-likeness (QED) is 0.0420. The standard InChI is InChI=1S/C60H98O27/c1-11-24(2)50(77)87-48-49(80-25(3)64)60(23-63)27(18-55(48,4)5)26-12-13-33-57(8)16-15-34(56(6,7)32(57)14-17-58(33,9)59(26,10)46(75)47(60)76)84-54-45(39(70)37(68)31(83-54)22-79-51-41(72)35(66)28(65)21-78-51)86-53-43(74)40(71)44(30(20-62)82-53)85-52-42(73)38(69)36(67)29(19-61)81-52/h12,24,27-49,51-54,61-63,65-76H,11,13-23H2,1-10H3/t24-,27-,28+,29-,30-,31-,32-,33-,34+,35+,36-,37-,38+,39+,40-,41-,42-,43-,44-,45-,46+,47-,48+,49+,51+,52+,53+,54+,57+,58-,59+,60+/m1/s1. The van der Waals surface area contributed by atoms with Crippen LogP contribution >= 0.6 is 0 Å². The van der Waals surface area contributed by atoms with Crippen molar-refractivity contribution in [2.75, 3.05) is 33.0 Å². The number of allylic oxidation sites excluding steroid dienone is 1. The van der Waals surface area contributed by atoms with Gasteiger partial charge < -0.3 is 124 Å². The molecule has 9 aliphatic rings. The van der Waals surface area contributed by atoms with Gasteiger partial charge >= 0.3 is 11.9 Å². The predicted octanol–water partition coefficient (Wildman–Crippen LogP) is -2.87. The number of fused-ring (bicyclic) bond motifs is 7. The van der Waals surface area contributed by atoms with Crippen LogP contribution in [0.15, 0.2) is 11.6 Å². The molecule has 27 nitrogen and oxygen atoms in total. The van der Waals surface area contributed by atoms with E-state index >= 15 is 0 Å². The van der Waals surface area contributed by atoms with Gasteiger partial charge in [0.2, 0.25) is 0 Å². The summed E-state index contributed by atoms with van der Waals surface area (Å²) in [6.45, 7) is 15.7. The van der Waals surface area contributed by atoms with Crippen molar-refractivity contribution >= 4 is 11.9 Å². The molecule has 0 aromatic carbocycles. The summed E-state index contributed by atoms with van der Waals surface area (Å²) < 4.78 is 60.3. The second-order valence-corrected chi connectivity index (χ2v) is 28.5. The van der Waals surface area contributed by atoms with E-state index < -0.39 is 237 Å². The molecule has 87 heavy (non-hydrogen) atoms. The smallest absolute Gasteiger partial charge is 0.309 e. The molecule has 4 aliphatic heterocycles. The minimum Gasteiger partial charge on any atom is -0.458 e. The monoisotopic (exact) mass is 1250 g/mol. The summed E-state index contributed by atoms with van der Waals surface area (Å²) in [5, 5.41) is 167. The van der Waals surface area contributed by atoms with Gasteiger partial charge in [0.25, 0.3) is 0 Å². The third-order valence-corrected chi connectivity index (χ3v) is 23.0. The highest BCUT2D eigenvalue weighted by Crippen LogP contribution is 2.76. The molecule has 9 rings (SSSR count). The van der Waals surface area contributed by atoms with Crippen molar-refractivity contribution in [1.29, 1.82) is 0 Å². The number of ether oxygens (including phenoxy) is 10. The van der Waals surface area contributed by atoms with Crippen LogP contribution in [-0.2, 0) is 57.0 Å². The van der Waals surface area contributed by atoms with Gasteiger partial charge in [-0.2, -0.15) is 0 Å². The SMILES string of the molecule is CC[C@@H](C)C(=O)O[C@H]1[C@H](OC(C)=O)[C@@]2(CO)[C@H](CC1(C)C)C1=CC[C@@H]3[C@@]4(C)CC[C@H](O[C@@H]5O[C@H](CO[C@@H]6OC[C@H](O)[C@H](O)[C@H]6O)[C@@H](O)[C@H](O)[C@H]5O[C@@H]5O[C@H](CO)[C@@H](O[C@@H]6O[C@H](CO)[C@@H](O)[C@H](O)[C@H]6O)[C@H](O)[C@H]5O)C(C)(C)[C@H]4CC[C@@]3(C)[C@]1(C)[C@@H](O)[C@H]2O. The Balaban J connectivity index is 0.993. The number of rotatable bonds is 16. The Hall–Kier alpha value is -2.24. The summed E-state index contributed by atoms with van der Waals surface area (Å²) in [7, 11) is 0. The first kappa shape index (κ1) is 69.1. The van der Waals surface area contributed by atoms with Gasteiger partial charge in [0.15, 0.2) is 31.3 Å². The zero-order valence-electron chi connectivity index (χ0n) is 51.3. The molecule has 5 aliphatic carbocycles. The Bertz CT molecular complexity index is 2430. The lowest BCUT2D eigenvalue weighted by Crippen LogP contribution is -2.76. The second-order valence-electron chi connectivity index (χ2n) is 28.5. The molecule has 0 aromatic rings. The molecule has 0 amide bonds. The number of carbonyl (C=O) groups excluding carboxylic acids is 2. The average molecular weight is 1250 g/mol. The zero-order valence-corrected chi connectivity index (χ0v) is 51.3. The molecule has 32 atom stereocenters. The van der Waals surface area contributed by atoms with E-state index in [1.807, 2.05) is 41.5 Å². The van der Waals surface area contributed by atoms with E-state index in [1.165, 1.54) is 6.92 Å². The fourth-order valence-electron chi connectivity index (χ4n) is 17.5. The minimum absolute atomic E-state index is 0.126. The Kier molecular flexibility index (Phi) is 20.3. The molecule has 0 spiro atoms. The van der Waals surface area contributed by atoms with Gasteiger partial charge in [0, 0.05) is 17.8 Å². The normalized spacial score (nSPS) is 51.6. The molecule has 0 aromatic heterocycles. The van der Waals surface area contributed by atoms with Gasteiger partial charge in [-0.15, -0.1) is 0 Å². The van der Waals surface area contributed by atoms with E-state index in [4.69, 9.17) is 47.4 Å². The number of esters is 2. The highest BCUT2D eigenvalue weighted by atomic mass is 16.8. The summed E-state index contributed by atoms with van der Waals surface area (Å²) in [6, 6.07) is 0. The third kappa shape index (κ3) is 11.4. The Morgan fingerprint density at radius 2 is 1.22 bits per heavy atom. The van der Waals surface area contributed by atoms with Gasteiger partial charge in [-0.1, -0.05) is 74.0 Å². The van der Waals surface area contributed by atoms with Gasteiger partial charge in [-0.3, -0.25) is 9.59 Å². The minimum atomic E-state index is -2.07. The number of aliphatic hydroxyl groups excluding tert-OH is 15. The van der Waals surface area contributed by atoms with Crippen LogP contribution < -0.4 is 0 Å². The highest BCUT2D eigenvalue weighted by molar-refractivity contribution is 5.72. The van der Waals surface area contributed by atoms with E-state index in [0.29, 0.717) is 44.9 Å². The molecule has 4 saturated heterocycles. The lowest BCUT2D eigenvalue weighted by atomic mass is 9.32. The molecular formula is C60H98O27. The number of carbonyl (C=O) groups is 2. The molecule has 0 radical (unpaired) electrons. The van der Waals surface area contributed by atoms with Crippen molar-refractivity contribution < 1.29 is 134 Å². The van der Waals surface area contributed by atoms with Crippen molar-refractivity contribution in [2.45, 2.75) is 261 Å². The van der Waals surface area contributed by atoms with E-state index in [1.54, 1.807) is 6.92 Å². The van der Waals surface area contributed by atoms with Gasteiger partial charge in [0.05, 0.1) is 62.7 Å². The molecule has 500 valence electrons. The maximum Gasteiger partial charge on any atom is 0.309 e. The Labute approximate surface area is 506 Å². The molecule has 27 heteroatoms.